The molecule has 1 aromatic rings. The average molecular weight is 266 g/mol. The van der Waals surface area contributed by atoms with E-state index in [1.165, 1.54) is 6.07 Å². The molecule has 6 nitrogen and oxygen atoms in total. The van der Waals surface area contributed by atoms with E-state index in [0.29, 0.717) is 11.3 Å². The average Bonchev–Trinajstić information content (AvgIpc) is 2.28. The topological polar surface area (TPSA) is 81.5 Å². The maximum atomic E-state index is 11.6. The number of nitrogens with one attached hydrogen (secondary N) is 1. The van der Waals surface area contributed by atoms with Gasteiger partial charge in [-0.05, 0) is 33.8 Å². The van der Waals surface area contributed by atoms with Crippen molar-refractivity contribution in [3.8, 4) is 0 Å². The number of aryl methyl sites for hydroxylation is 1. The van der Waals surface area contributed by atoms with Crippen molar-refractivity contribution in [2.45, 2.75) is 33.3 Å². The minimum absolute atomic E-state index is 0.0189. The number of nitrogens with zero attached hydrogens (tertiary/aromatic N) is 1. The monoisotopic (exact) mass is 266 g/mol. The first kappa shape index (κ1) is 15.1. The SMILES string of the molecule is Cc1ccc(NC(=O)COC(C)(C)C)cc1[N+](=O)[O-]. The Hall–Kier alpha value is -1.95. The quantitative estimate of drug-likeness (QED) is 0.671. The highest BCUT2D eigenvalue weighted by Gasteiger charge is 2.15. The summed E-state index contributed by atoms with van der Waals surface area (Å²) in [6.07, 6.45) is 0. The van der Waals surface area contributed by atoms with Gasteiger partial charge in [0.2, 0.25) is 5.91 Å². The van der Waals surface area contributed by atoms with E-state index in [0.717, 1.165) is 0 Å². The normalized spacial score (nSPS) is 11.2. The van der Waals surface area contributed by atoms with Gasteiger partial charge in [0.05, 0.1) is 10.5 Å². The predicted molar refractivity (Wildman–Crippen MR) is 72.2 cm³/mol. The highest BCUT2D eigenvalue weighted by atomic mass is 16.6. The number of benzene rings is 1. The first-order valence-corrected chi connectivity index (χ1v) is 5.88. The van der Waals surface area contributed by atoms with E-state index in [2.05, 4.69) is 5.32 Å². The van der Waals surface area contributed by atoms with Crippen molar-refractivity contribution in [1.29, 1.82) is 0 Å². The second-order valence-corrected chi connectivity index (χ2v) is 5.21. The lowest BCUT2D eigenvalue weighted by molar-refractivity contribution is -0.385. The Bertz CT molecular complexity index is 492. The summed E-state index contributed by atoms with van der Waals surface area (Å²) < 4.78 is 5.32. The lowest BCUT2D eigenvalue weighted by Gasteiger charge is -2.18. The molecule has 0 radical (unpaired) electrons. The van der Waals surface area contributed by atoms with Crippen molar-refractivity contribution in [2.75, 3.05) is 11.9 Å². The Balaban J connectivity index is 2.70. The van der Waals surface area contributed by atoms with Crippen LogP contribution in [0.15, 0.2) is 18.2 Å². The summed E-state index contributed by atoms with van der Waals surface area (Å²) in [6, 6.07) is 4.56. The number of hydrogen-bond donors (Lipinski definition) is 1. The van der Waals surface area contributed by atoms with Crippen LogP contribution in [-0.2, 0) is 9.53 Å². The van der Waals surface area contributed by atoms with Gasteiger partial charge in [-0.1, -0.05) is 6.07 Å². The van der Waals surface area contributed by atoms with Gasteiger partial charge in [-0.3, -0.25) is 14.9 Å². The second-order valence-electron chi connectivity index (χ2n) is 5.21. The number of carbonyl (C=O) groups excluding carboxylic acids is 1. The van der Waals surface area contributed by atoms with Gasteiger partial charge in [-0.25, -0.2) is 0 Å². The van der Waals surface area contributed by atoms with E-state index in [1.807, 2.05) is 20.8 Å². The third-order valence-corrected chi connectivity index (χ3v) is 2.33. The van der Waals surface area contributed by atoms with Gasteiger partial charge in [-0.15, -0.1) is 0 Å². The van der Waals surface area contributed by atoms with E-state index in [4.69, 9.17) is 4.74 Å². The van der Waals surface area contributed by atoms with E-state index >= 15 is 0 Å². The van der Waals surface area contributed by atoms with Crippen molar-refractivity contribution in [1.82, 2.24) is 0 Å². The van der Waals surface area contributed by atoms with Crippen molar-refractivity contribution < 1.29 is 14.5 Å². The van der Waals surface area contributed by atoms with E-state index in [1.54, 1.807) is 19.1 Å². The van der Waals surface area contributed by atoms with Crippen LogP contribution in [-0.4, -0.2) is 23.0 Å². The Morgan fingerprint density at radius 2 is 2.05 bits per heavy atom. The number of amides is 1. The molecular weight excluding hydrogens is 248 g/mol. The van der Waals surface area contributed by atoms with Gasteiger partial charge in [0.1, 0.15) is 6.61 Å². The number of nitro benzene ring substituents is 1. The minimum Gasteiger partial charge on any atom is -0.366 e. The van der Waals surface area contributed by atoms with Gasteiger partial charge in [0.15, 0.2) is 0 Å². The summed E-state index contributed by atoms with van der Waals surface area (Å²) in [5.74, 6) is -0.340. The molecule has 0 atom stereocenters. The van der Waals surface area contributed by atoms with E-state index in [9.17, 15) is 14.9 Å². The molecule has 1 aromatic carbocycles. The first-order valence-electron chi connectivity index (χ1n) is 5.88. The van der Waals surface area contributed by atoms with Gasteiger partial charge in [0, 0.05) is 17.3 Å². The van der Waals surface area contributed by atoms with Crippen LogP contribution in [0, 0.1) is 17.0 Å². The summed E-state index contributed by atoms with van der Waals surface area (Å²) >= 11 is 0. The van der Waals surface area contributed by atoms with Crippen LogP contribution >= 0.6 is 0 Å². The molecule has 104 valence electrons. The van der Waals surface area contributed by atoms with Gasteiger partial charge >= 0.3 is 0 Å². The van der Waals surface area contributed by atoms with Gasteiger partial charge < -0.3 is 10.1 Å². The molecule has 0 aliphatic heterocycles. The summed E-state index contributed by atoms with van der Waals surface area (Å²) in [5.41, 5.74) is 0.514. The van der Waals surface area contributed by atoms with Crippen LogP contribution < -0.4 is 5.32 Å². The molecule has 0 aromatic heterocycles. The smallest absolute Gasteiger partial charge is 0.274 e. The van der Waals surface area contributed by atoms with Crippen molar-refractivity contribution in [3.05, 3.63) is 33.9 Å². The lowest BCUT2D eigenvalue weighted by atomic mass is 10.2. The molecule has 0 aliphatic carbocycles. The maximum absolute atomic E-state index is 11.6. The summed E-state index contributed by atoms with van der Waals surface area (Å²) in [5, 5.41) is 13.4. The van der Waals surface area contributed by atoms with Crippen LogP contribution in [0.25, 0.3) is 0 Å². The van der Waals surface area contributed by atoms with Crippen LogP contribution in [0.5, 0.6) is 0 Å². The minimum atomic E-state index is -0.476. The molecule has 0 saturated carbocycles. The molecular formula is C13H18N2O4. The molecule has 0 saturated heterocycles. The molecule has 1 N–H and O–H groups in total. The Morgan fingerprint density at radius 1 is 1.42 bits per heavy atom. The predicted octanol–water partition coefficient (Wildman–Crippen LogP) is 2.66. The Kier molecular flexibility index (Phi) is 4.61. The van der Waals surface area contributed by atoms with Gasteiger partial charge in [0.25, 0.3) is 5.69 Å². The van der Waals surface area contributed by atoms with Crippen LogP contribution in [0.2, 0.25) is 0 Å². The highest BCUT2D eigenvalue weighted by molar-refractivity contribution is 5.92. The standard InChI is InChI=1S/C13H18N2O4/c1-9-5-6-10(7-11(9)15(17)18)14-12(16)8-19-13(2,3)4/h5-7H,8H2,1-4H3,(H,14,16). The zero-order chi connectivity index (χ0) is 14.6. The summed E-state index contributed by atoms with van der Waals surface area (Å²) in [6.45, 7) is 7.09. The molecule has 0 spiro atoms. The van der Waals surface area contributed by atoms with Crippen molar-refractivity contribution in [3.63, 3.8) is 0 Å². The molecule has 0 unspecified atom stereocenters. The van der Waals surface area contributed by atoms with E-state index < -0.39 is 10.5 Å². The van der Waals surface area contributed by atoms with Crippen LogP contribution in [0.4, 0.5) is 11.4 Å². The lowest BCUT2D eigenvalue weighted by Crippen LogP contribution is -2.27. The van der Waals surface area contributed by atoms with E-state index in [-0.39, 0.29) is 18.2 Å². The number of carbonyl (C=O) groups is 1. The zero-order valence-electron chi connectivity index (χ0n) is 11.5. The Morgan fingerprint density at radius 3 is 2.58 bits per heavy atom. The highest BCUT2D eigenvalue weighted by Crippen LogP contribution is 2.22. The third kappa shape index (κ3) is 5.05. The fourth-order valence-electron chi connectivity index (χ4n) is 1.36. The number of ether oxygens (including phenoxy) is 1. The fourth-order valence-corrected chi connectivity index (χ4v) is 1.36. The molecule has 0 aliphatic rings. The summed E-state index contributed by atoms with van der Waals surface area (Å²) in [7, 11) is 0. The van der Waals surface area contributed by atoms with Crippen molar-refractivity contribution in [2.24, 2.45) is 0 Å². The fraction of sp³-hybridized carbons (Fsp3) is 0.462. The van der Waals surface area contributed by atoms with Crippen LogP contribution in [0.3, 0.4) is 0 Å². The second kappa shape index (κ2) is 5.79. The largest absolute Gasteiger partial charge is 0.366 e. The molecule has 1 amide bonds. The molecule has 6 heteroatoms. The van der Waals surface area contributed by atoms with Crippen molar-refractivity contribution >= 4 is 17.3 Å². The number of anilines is 1. The summed E-state index contributed by atoms with van der Waals surface area (Å²) in [4.78, 5) is 21.9. The Labute approximate surface area is 111 Å². The third-order valence-electron chi connectivity index (χ3n) is 2.33. The maximum Gasteiger partial charge on any atom is 0.274 e. The molecule has 1 rings (SSSR count). The zero-order valence-corrected chi connectivity index (χ0v) is 11.5. The van der Waals surface area contributed by atoms with Crippen LogP contribution in [0.1, 0.15) is 26.3 Å². The number of hydrogen-bond acceptors (Lipinski definition) is 4. The number of nitro groups is 1. The molecule has 0 bridgehead atoms. The number of rotatable bonds is 4. The molecule has 19 heavy (non-hydrogen) atoms. The molecule has 0 fully saturated rings. The van der Waals surface area contributed by atoms with Gasteiger partial charge in [-0.2, -0.15) is 0 Å². The first-order chi connectivity index (χ1) is 8.69. The molecule has 0 heterocycles.